The molecule has 1 rings (SSSR count). The van der Waals surface area contributed by atoms with E-state index in [0.717, 1.165) is 13.1 Å². The van der Waals surface area contributed by atoms with Crippen LogP contribution in [0.5, 0.6) is 0 Å². The van der Waals surface area contributed by atoms with Crippen LogP contribution in [0.4, 0.5) is 0 Å². The summed E-state index contributed by atoms with van der Waals surface area (Å²) in [4.78, 5) is 21.0. The third-order valence-electron chi connectivity index (χ3n) is 2.42. The summed E-state index contributed by atoms with van der Waals surface area (Å²) in [6.07, 6.45) is 0. The van der Waals surface area contributed by atoms with E-state index in [1.807, 2.05) is 0 Å². The van der Waals surface area contributed by atoms with Gasteiger partial charge in [0.15, 0.2) is 0 Å². The molecule has 1 heterocycles. The number of hydrogen-bond acceptors (Lipinski definition) is 6. The molecule has 2 N–H and O–H groups in total. The van der Waals surface area contributed by atoms with Gasteiger partial charge in [-0.3, -0.25) is 10.0 Å². The van der Waals surface area contributed by atoms with Crippen LogP contribution in [-0.4, -0.2) is 62.4 Å². The Morgan fingerprint density at radius 3 is 1.50 bits per heavy atom. The molecule has 0 radical (unpaired) electrons. The molecule has 0 aliphatic carbocycles. The van der Waals surface area contributed by atoms with Crippen molar-refractivity contribution in [2.24, 2.45) is 10.6 Å². The Morgan fingerprint density at radius 2 is 1.12 bits per heavy atom. The molecule has 0 amide bonds. The summed E-state index contributed by atoms with van der Waals surface area (Å²) < 4.78 is 0. The van der Waals surface area contributed by atoms with E-state index >= 15 is 0 Å². The fourth-order valence-electron chi connectivity index (χ4n) is 1.46. The topological polar surface area (TPSA) is 89.4 Å². The average molecular weight is 230 g/mol. The quantitative estimate of drug-likeness (QED) is 0.600. The molecule has 0 bridgehead atoms. The maximum Gasteiger partial charge on any atom is 0.0586 e. The summed E-state index contributed by atoms with van der Waals surface area (Å²) in [5, 5.41) is 15.0. The van der Waals surface area contributed by atoms with Crippen LogP contribution in [0.1, 0.15) is 0 Å². The second kappa shape index (κ2) is 7.94. The van der Waals surface area contributed by atoms with Crippen LogP contribution in [0.15, 0.2) is 10.6 Å². The van der Waals surface area contributed by atoms with Gasteiger partial charge in [0.1, 0.15) is 0 Å². The summed E-state index contributed by atoms with van der Waals surface area (Å²) in [5.74, 6) is 0. The van der Waals surface area contributed by atoms with Gasteiger partial charge in [-0.05, 0) is 0 Å². The maximum atomic E-state index is 10.5. The molecule has 1 aliphatic rings. The molecule has 92 valence electrons. The molecule has 0 unspecified atom stereocenters. The third kappa shape index (κ3) is 4.99. The number of hydrogen-bond donors (Lipinski definition) is 2. The van der Waals surface area contributed by atoms with E-state index in [9.17, 15) is 9.81 Å². The van der Waals surface area contributed by atoms with Crippen molar-refractivity contribution in [2.45, 2.75) is 0 Å². The lowest BCUT2D eigenvalue weighted by Gasteiger charge is -2.21. The van der Waals surface area contributed by atoms with E-state index in [1.54, 1.807) is 0 Å². The molecule has 0 aromatic carbocycles. The summed E-state index contributed by atoms with van der Waals surface area (Å²) in [7, 11) is 0. The molecule has 0 saturated carbocycles. The first-order valence-electron chi connectivity index (χ1n) is 5.44. The Hall–Kier alpha value is -1.28. The Balaban J connectivity index is 2.39. The van der Waals surface area contributed by atoms with Crippen LogP contribution < -0.4 is 10.6 Å². The molecule has 0 aromatic heterocycles. The highest BCUT2D eigenvalue weighted by Gasteiger charge is 2.08. The average Bonchev–Trinajstić information content (AvgIpc) is 2.30. The lowest BCUT2D eigenvalue weighted by molar-refractivity contribution is 0.207. The fourth-order valence-corrected chi connectivity index (χ4v) is 1.46. The minimum absolute atomic E-state index is 0.428. The maximum absolute atomic E-state index is 10.5. The van der Waals surface area contributed by atoms with Gasteiger partial charge in [0, 0.05) is 26.2 Å². The molecule has 1 aliphatic heterocycles. The smallest absolute Gasteiger partial charge is 0.0586 e. The van der Waals surface area contributed by atoms with Crippen LogP contribution >= 0.6 is 0 Å². The zero-order chi connectivity index (χ0) is 11.6. The Morgan fingerprint density at radius 1 is 0.688 bits per heavy atom. The second-order valence-electron chi connectivity index (χ2n) is 3.57. The van der Waals surface area contributed by atoms with Gasteiger partial charge in [-0.25, -0.2) is 0 Å². The highest BCUT2D eigenvalue weighted by molar-refractivity contribution is 4.63. The summed E-state index contributed by atoms with van der Waals surface area (Å²) in [5.41, 5.74) is 0. The largest absolute Gasteiger partial charge is 0.314 e. The van der Waals surface area contributed by atoms with Crippen LogP contribution in [0, 0.1) is 9.81 Å². The Kier molecular flexibility index (Phi) is 6.35. The predicted octanol–water partition coefficient (Wildman–Crippen LogP) is -0.854. The molecule has 0 aromatic rings. The molecule has 8 heteroatoms. The third-order valence-corrected chi connectivity index (χ3v) is 2.42. The fraction of sp³-hybridized carbons (Fsp3) is 1.00. The standard InChI is InChI=1S/C8H18N6O2/c15-11-13-5-3-9-1-2-10-4-6-14(12-16)8-7-13/h9-10H,1-8H2. The minimum atomic E-state index is 0.428. The van der Waals surface area contributed by atoms with Crippen LogP contribution in [-0.2, 0) is 0 Å². The first kappa shape index (κ1) is 12.8. The molecule has 16 heavy (non-hydrogen) atoms. The van der Waals surface area contributed by atoms with Crippen LogP contribution in [0.3, 0.4) is 0 Å². The van der Waals surface area contributed by atoms with E-state index in [-0.39, 0.29) is 0 Å². The molecule has 0 spiro atoms. The first-order valence-corrected chi connectivity index (χ1v) is 5.44. The van der Waals surface area contributed by atoms with Crippen molar-refractivity contribution in [3.05, 3.63) is 9.81 Å². The van der Waals surface area contributed by atoms with Gasteiger partial charge in [0.25, 0.3) is 0 Å². The minimum Gasteiger partial charge on any atom is -0.314 e. The van der Waals surface area contributed by atoms with Gasteiger partial charge in [-0.1, -0.05) is 0 Å². The number of nitrogens with one attached hydrogen (secondary N) is 2. The van der Waals surface area contributed by atoms with E-state index in [2.05, 4.69) is 21.2 Å². The normalized spacial score (nSPS) is 20.8. The summed E-state index contributed by atoms with van der Waals surface area (Å²) in [6, 6.07) is 0. The van der Waals surface area contributed by atoms with Gasteiger partial charge in [-0.2, -0.15) is 0 Å². The molecule has 1 saturated heterocycles. The number of nitrogens with zero attached hydrogens (tertiary/aromatic N) is 4. The lowest BCUT2D eigenvalue weighted by atomic mass is 10.4. The van der Waals surface area contributed by atoms with Gasteiger partial charge >= 0.3 is 0 Å². The van der Waals surface area contributed by atoms with Crippen molar-refractivity contribution in [2.75, 3.05) is 52.4 Å². The van der Waals surface area contributed by atoms with Crippen LogP contribution in [0.2, 0.25) is 0 Å². The zero-order valence-corrected chi connectivity index (χ0v) is 9.26. The van der Waals surface area contributed by atoms with Crippen molar-refractivity contribution in [3.8, 4) is 0 Å². The van der Waals surface area contributed by atoms with E-state index in [4.69, 9.17) is 0 Å². The highest BCUT2D eigenvalue weighted by Crippen LogP contribution is 1.93. The molecule has 8 nitrogen and oxygen atoms in total. The van der Waals surface area contributed by atoms with E-state index in [1.165, 1.54) is 10.0 Å². The molecular formula is C8H18N6O2. The van der Waals surface area contributed by atoms with Crippen molar-refractivity contribution in [3.63, 3.8) is 0 Å². The van der Waals surface area contributed by atoms with E-state index in [0.29, 0.717) is 39.3 Å². The number of nitroso groups, excluding NO2 is 2. The van der Waals surface area contributed by atoms with Crippen molar-refractivity contribution in [1.82, 2.24) is 20.7 Å². The molecule has 0 atom stereocenters. The monoisotopic (exact) mass is 230 g/mol. The van der Waals surface area contributed by atoms with Gasteiger partial charge in [0.2, 0.25) is 0 Å². The second-order valence-corrected chi connectivity index (χ2v) is 3.57. The van der Waals surface area contributed by atoms with Crippen molar-refractivity contribution in [1.29, 1.82) is 0 Å². The summed E-state index contributed by atoms with van der Waals surface area (Å²) >= 11 is 0. The highest BCUT2D eigenvalue weighted by atomic mass is 16.3. The SMILES string of the molecule is O=NN1CCNCCNCCN(N=O)CC1. The number of rotatable bonds is 2. The van der Waals surface area contributed by atoms with Gasteiger partial charge in [0.05, 0.1) is 36.8 Å². The zero-order valence-electron chi connectivity index (χ0n) is 9.26. The van der Waals surface area contributed by atoms with Crippen molar-refractivity contribution < 1.29 is 0 Å². The summed E-state index contributed by atoms with van der Waals surface area (Å²) in [6.45, 7) is 5.05. The van der Waals surface area contributed by atoms with Gasteiger partial charge in [-0.15, -0.1) is 9.81 Å². The van der Waals surface area contributed by atoms with Gasteiger partial charge < -0.3 is 10.6 Å². The first-order chi connectivity index (χ1) is 7.86. The van der Waals surface area contributed by atoms with Crippen LogP contribution in [0.25, 0.3) is 0 Å². The lowest BCUT2D eigenvalue weighted by Crippen LogP contribution is -2.40. The molecular weight excluding hydrogens is 212 g/mol. The van der Waals surface area contributed by atoms with Crippen molar-refractivity contribution >= 4 is 0 Å². The molecule has 1 fully saturated rings. The Bertz CT molecular complexity index is 193. The van der Waals surface area contributed by atoms with E-state index < -0.39 is 0 Å². The Labute approximate surface area is 94.2 Å². The predicted molar refractivity (Wildman–Crippen MR) is 60.5 cm³/mol.